The lowest BCUT2D eigenvalue weighted by atomic mass is 9.92. The molecule has 3 heterocycles. The molecular weight excluding hydrogens is 402 g/mol. The van der Waals surface area contributed by atoms with Gasteiger partial charge in [0.2, 0.25) is 5.95 Å². The van der Waals surface area contributed by atoms with Gasteiger partial charge in [-0.05, 0) is 40.3 Å². The number of aromatic amines is 1. The maximum atomic E-state index is 12.7. The summed E-state index contributed by atoms with van der Waals surface area (Å²) in [6.45, 7) is 0. The van der Waals surface area contributed by atoms with E-state index in [4.69, 9.17) is 9.47 Å². The molecule has 1 atom stereocenters. The Kier molecular flexibility index (Phi) is 4.28. The fourth-order valence-corrected chi connectivity index (χ4v) is 3.70. The topological polar surface area (TPSA) is 140 Å². The average Bonchev–Trinajstić information content (AvgIpc) is 3.27. The van der Waals surface area contributed by atoms with Crippen LogP contribution >= 0.6 is 0 Å². The molecule has 4 aromatic rings. The zero-order valence-electron chi connectivity index (χ0n) is 16.5. The number of H-pyrrole nitrogens is 1. The molecule has 1 aliphatic heterocycles. The zero-order chi connectivity index (χ0) is 21.5. The van der Waals surface area contributed by atoms with Crippen molar-refractivity contribution in [3.63, 3.8) is 0 Å². The number of phenolic OH excluding ortho intramolecular Hbond substituents is 1. The number of methoxy groups -OCH3 is 2. The lowest BCUT2D eigenvalue weighted by Gasteiger charge is -2.28. The first-order valence-electron chi connectivity index (χ1n) is 9.29. The minimum atomic E-state index is -0.605. The van der Waals surface area contributed by atoms with Crippen LogP contribution in [0.5, 0.6) is 17.2 Å². The first-order chi connectivity index (χ1) is 15.1. The van der Waals surface area contributed by atoms with E-state index in [1.165, 1.54) is 13.2 Å². The fraction of sp³-hybridized carbons (Fsp3) is 0.150. The normalized spacial score (nSPS) is 14.3. The molecule has 0 bridgehead atoms. The molecule has 0 fully saturated rings. The van der Waals surface area contributed by atoms with Crippen LogP contribution in [0, 0.1) is 0 Å². The monoisotopic (exact) mass is 419 g/mol. The molecule has 2 aromatic carbocycles. The summed E-state index contributed by atoms with van der Waals surface area (Å²) in [4.78, 5) is 12.7. The molecular formula is C20H17N7O4. The van der Waals surface area contributed by atoms with E-state index in [0.717, 1.165) is 5.56 Å². The third-order valence-electron chi connectivity index (χ3n) is 5.13. The van der Waals surface area contributed by atoms with Crippen molar-refractivity contribution in [2.75, 3.05) is 19.5 Å². The lowest BCUT2D eigenvalue weighted by molar-refractivity contribution is 0.372. The summed E-state index contributed by atoms with van der Waals surface area (Å²) in [5.41, 5.74) is 2.41. The molecule has 0 saturated carbocycles. The van der Waals surface area contributed by atoms with Gasteiger partial charge in [0.25, 0.3) is 5.56 Å². The number of aromatic nitrogens is 6. The second-order valence-corrected chi connectivity index (χ2v) is 6.83. The summed E-state index contributed by atoms with van der Waals surface area (Å²) in [5, 5.41) is 31.8. The molecule has 11 heteroatoms. The van der Waals surface area contributed by atoms with Crippen molar-refractivity contribution < 1.29 is 14.6 Å². The van der Waals surface area contributed by atoms with E-state index in [2.05, 4.69) is 31.0 Å². The van der Waals surface area contributed by atoms with Gasteiger partial charge >= 0.3 is 0 Å². The number of nitrogens with zero attached hydrogens (tertiary/aromatic N) is 5. The van der Waals surface area contributed by atoms with Crippen LogP contribution in [0.3, 0.4) is 0 Å². The molecule has 1 aliphatic rings. The SMILES string of the molecule is COc1cccc(-c2n[nH]c(=O)c3c2[C@@H](c2ccc(O)c(OC)c2)n2nnnc2N3)c1. The van der Waals surface area contributed by atoms with Gasteiger partial charge < -0.3 is 19.9 Å². The fourth-order valence-electron chi connectivity index (χ4n) is 3.70. The molecule has 0 spiro atoms. The summed E-state index contributed by atoms with van der Waals surface area (Å²) < 4.78 is 12.2. The number of ether oxygens (including phenoxy) is 2. The van der Waals surface area contributed by atoms with Crippen LogP contribution in [-0.4, -0.2) is 49.7 Å². The Balaban J connectivity index is 1.80. The largest absolute Gasteiger partial charge is 0.504 e. The highest BCUT2D eigenvalue weighted by Gasteiger charge is 2.34. The molecule has 0 saturated heterocycles. The van der Waals surface area contributed by atoms with E-state index in [0.29, 0.717) is 28.5 Å². The van der Waals surface area contributed by atoms with Gasteiger partial charge in [0, 0.05) is 11.1 Å². The third-order valence-corrected chi connectivity index (χ3v) is 5.13. The minimum Gasteiger partial charge on any atom is -0.504 e. The van der Waals surface area contributed by atoms with Crippen LogP contribution in [0.2, 0.25) is 0 Å². The number of nitrogens with one attached hydrogen (secondary N) is 2. The van der Waals surface area contributed by atoms with Crippen LogP contribution in [-0.2, 0) is 0 Å². The number of hydrogen-bond acceptors (Lipinski definition) is 9. The molecule has 0 amide bonds. The average molecular weight is 419 g/mol. The summed E-state index contributed by atoms with van der Waals surface area (Å²) >= 11 is 0. The molecule has 2 aromatic heterocycles. The van der Waals surface area contributed by atoms with Crippen molar-refractivity contribution in [1.29, 1.82) is 0 Å². The Morgan fingerprint density at radius 3 is 2.81 bits per heavy atom. The maximum absolute atomic E-state index is 12.7. The van der Waals surface area contributed by atoms with Crippen molar-refractivity contribution in [3.8, 4) is 28.5 Å². The lowest BCUT2D eigenvalue weighted by Crippen LogP contribution is -2.29. The smallest absolute Gasteiger partial charge is 0.288 e. The Morgan fingerprint density at radius 1 is 1.13 bits per heavy atom. The van der Waals surface area contributed by atoms with E-state index >= 15 is 0 Å². The molecule has 0 radical (unpaired) electrons. The summed E-state index contributed by atoms with van der Waals surface area (Å²) in [5.74, 6) is 1.23. The van der Waals surface area contributed by atoms with Gasteiger partial charge in [-0.1, -0.05) is 23.3 Å². The van der Waals surface area contributed by atoms with Gasteiger partial charge in [-0.15, -0.1) is 0 Å². The molecule has 5 rings (SSSR count). The van der Waals surface area contributed by atoms with E-state index in [1.54, 1.807) is 23.9 Å². The Bertz CT molecular complexity index is 1350. The predicted molar refractivity (Wildman–Crippen MR) is 110 cm³/mol. The number of tetrazole rings is 1. The van der Waals surface area contributed by atoms with Crippen molar-refractivity contribution in [3.05, 3.63) is 63.9 Å². The summed E-state index contributed by atoms with van der Waals surface area (Å²) in [6, 6.07) is 11.7. The first kappa shape index (κ1) is 18.6. The van der Waals surface area contributed by atoms with E-state index in [-0.39, 0.29) is 17.2 Å². The Morgan fingerprint density at radius 2 is 2.00 bits per heavy atom. The van der Waals surface area contributed by atoms with Gasteiger partial charge in [0.15, 0.2) is 11.5 Å². The number of hydrogen-bond donors (Lipinski definition) is 3. The number of aromatic hydroxyl groups is 1. The van der Waals surface area contributed by atoms with Gasteiger partial charge in [0.1, 0.15) is 17.5 Å². The molecule has 0 unspecified atom stereocenters. The third kappa shape index (κ3) is 2.94. The van der Waals surface area contributed by atoms with Crippen molar-refractivity contribution >= 4 is 11.6 Å². The number of phenols is 1. The Labute approximate surface area is 175 Å². The minimum absolute atomic E-state index is 0.00519. The highest BCUT2D eigenvalue weighted by Crippen LogP contribution is 2.43. The van der Waals surface area contributed by atoms with E-state index in [1.807, 2.05) is 24.3 Å². The van der Waals surface area contributed by atoms with Crippen LogP contribution in [0.4, 0.5) is 11.6 Å². The first-order valence-corrected chi connectivity index (χ1v) is 9.29. The van der Waals surface area contributed by atoms with Crippen LogP contribution in [0.15, 0.2) is 47.3 Å². The van der Waals surface area contributed by atoms with E-state index in [9.17, 15) is 9.90 Å². The highest BCUT2D eigenvalue weighted by molar-refractivity contribution is 5.76. The van der Waals surface area contributed by atoms with Gasteiger partial charge in [-0.2, -0.15) is 9.78 Å². The number of anilines is 2. The second kappa shape index (κ2) is 7.13. The van der Waals surface area contributed by atoms with E-state index < -0.39 is 11.6 Å². The van der Waals surface area contributed by atoms with Crippen LogP contribution < -0.4 is 20.3 Å². The maximum Gasteiger partial charge on any atom is 0.288 e. The van der Waals surface area contributed by atoms with Crippen LogP contribution in [0.1, 0.15) is 17.2 Å². The van der Waals surface area contributed by atoms with Crippen LogP contribution in [0.25, 0.3) is 11.3 Å². The van der Waals surface area contributed by atoms with Gasteiger partial charge in [-0.3, -0.25) is 4.79 Å². The zero-order valence-corrected chi connectivity index (χ0v) is 16.5. The Hall–Kier alpha value is -4.41. The van der Waals surface area contributed by atoms with Gasteiger partial charge in [-0.25, -0.2) is 5.10 Å². The molecule has 0 aliphatic carbocycles. The molecule has 156 valence electrons. The number of fused-ring (bicyclic) bond motifs is 2. The second-order valence-electron chi connectivity index (χ2n) is 6.83. The molecule has 31 heavy (non-hydrogen) atoms. The quantitative estimate of drug-likeness (QED) is 0.398. The molecule has 11 nitrogen and oxygen atoms in total. The summed E-state index contributed by atoms with van der Waals surface area (Å²) in [6.07, 6.45) is 0. The van der Waals surface area contributed by atoms with Crippen molar-refractivity contribution in [2.45, 2.75) is 6.04 Å². The number of rotatable bonds is 4. The predicted octanol–water partition coefficient (Wildman–Crippen LogP) is 1.84. The summed E-state index contributed by atoms with van der Waals surface area (Å²) in [7, 11) is 3.04. The van der Waals surface area contributed by atoms with Crippen molar-refractivity contribution in [1.82, 2.24) is 30.4 Å². The standard InChI is InChI=1S/C20H17N7O4/c1-30-12-5-3-4-10(8-12)16-15-17(19(29)23-22-16)21-20-24-25-26-27(20)18(15)11-6-7-13(28)14(9-11)31-2/h3-9,18,28H,1-2H3,(H,23,29)(H,21,24,26)/t18-/m1/s1. The highest BCUT2D eigenvalue weighted by atomic mass is 16.5. The van der Waals surface area contributed by atoms with Gasteiger partial charge in [0.05, 0.1) is 19.9 Å². The van der Waals surface area contributed by atoms with Crippen molar-refractivity contribution in [2.24, 2.45) is 0 Å². The molecule has 3 N–H and O–H groups in total. The number of benzene rings is 2.